The number of imidazole rings is 2. The number of ether oxygens (including phenoxy) is 2. The number of hydrogen-bond acceptors (Lipinski definition) is 13. The first-order chi connectivity index (χ1) is 19.9. The van der Waals surface area contributed by atoms with Crippen molar-refractivity contribution in [3.63, 3.8) is 0 Å². The minimum atomic E-state index is -1.79. The van der Waals surface area contributed by atoms with Crippen molar-refractivity contribution in [3.8, 4) is 0 Å². The topological polar surface area (TPSA) is 209 Å². The molecule has 0 aromatic carbocycles. The van der Waals surface area contributed by atoms with Crippen LogP contribution in [0.15, 0.2) is 28.6 Å². The molecular weight excluding hydrogens is 594 g/mol. The third-order valence-electron chi connectivity index (χ3n) is 6.96. The Morgan fingerprint density at radius 1 is 0.902 bits per heavy atom. The van der Waals surface area contributed by atoms with Gasteiger partial charge in [0.25, 0.3) is 11.1 Å². The number of anilines is 1. The van der Waals surface area contributed by atoms with Crippen LogP contribution in [0.4, 0.5) is 14.7 Å². The van der Waals surface area contributed by atoms with Gasteiger partial charge in [-0.15, -0.1) is 0 Å². The summed E-state index contributed by atoms with van der Waals surface area (Å²) in [7, 11) is -1.43. The Kier molecular flexibility index (Phi) is 6.99. The molecule has 0 saturated carbocycles. The van der Waals surface area contributed by atoms with E-state index in [0.29, 0.717) is 0 Å². The third kappa shape index (κ3) is 4.62. The molecule has 3 unspecified atom stereocenters. The highest BCUT2D eigenvalue weighted by molar-refractivity contribution is 7.26. The summed E-state index contributed by atoms with van der Waals surface area (Å²) < 4.78 is 68.1. The second kappa shape index (κ2) is 10.7. The summed E-state index contributed by atoms with van der Waals surface area (Å²) in [4.78, 5) is 45.3. The molecule has 4 N–H and O–H groups in total. The van der Waals surface area contributed by atoms with Crippen LogP contribution in [0.5, 0.6) is 0 Å². The second-order valence-electron chi connectivity index (χ2n) is 9.33. The van der Waals surface area contributed by atoms with Gasteiger partial charge in [-0.2, -0.15) is 4.98 Å². The van der Waals surface area contributed by atoms with Crippen molar-refractivity contribution in [3.05, 3.63) is 39.7 Å². The van der Waals surface area contributed by atoms with E-state index in [4.69, 9.17) is 33.3 Å². The van der Waals surface area contributed by atoms with Gasteiger partial charge in [0.2, 0.25) is 5.95 Å². The van der Waals surface area contributed by atoms with Gasteiger partial charge < -0.3 is 38.3 Å². The van der Waals surface area contributed by atoms with E-state index in [1.807, 2.05) is 0 Å². The van der Waals surface area contributed by atoms with Crippen LogP contribution in [0, 0.1) is 5.92 Å². The van der Waals surface area contributed by atoms with Gasteiger partial charge in [0.1, 0.15) is 6.10 Å². The van der Waals surface area contributed by atoms with Gasteiger partial charge in [-0.25, -0.2) is 23.7 Å². The fraction of sp³-hybridized carbons (Fsp3) is 0.500. The molecule has 0 aliphatic carbocycles. The van der Waals surface area contributed by atoms with E-state index >= 15 is 8.78 Å². The van der Waals surface area contributed by atoms with Crippen LogP contribution < -0.4 is 16.9 Å². The highest BCUT2D eigenvalue weighted by atomic mass is 31.1. The molecule has 0 spiro atoms. The highest BCUT2D eigenvalue weighted by Crippen LogP contribution is 2.44. The smallest absolute Gasteiger partial charge is 0.280 e. The van der Waals surface area contributed by atoms with Gasteiger partial charge in [-0.1, -0.05) is 0 Å². The number of nitrogens with one attached hydrogen (secondary N) is 2. The van der Waals surface area contributed by atoms with Crippen molar-refractivity contribution in [2.45, 2.75) is 43.3 Å². The predicted octanol–water partition coefficient (Wildman–Crippen LogP) is 0.345. The maximum absolute atomic E-state index is 15.7. The van der Waals surface area contributed by atoms with Gasteiger partial charge in [0.05, 0.1) is 38.3 Å². The summed E-state index contributed by atoms with van der Waals surface area (Å²) in [6.45, 7) is -0.266. The molecule has 41 heavy (non-hydrogen) atoms. The molecule has 21 heteroatoms. The molecule has 0 amide bonds. The largest absolute Gasteiger partial charge is 0.369 e. The van der Waals surface area contributed by atoms with Crippen LogP contribution in [0.3, 0.4) is 0 Å². The number of halogens is 2. The summed E-state index contributed by atoms with van der Waals surface area (Å²) in [5.74, 6) is -0.964. The van der Waals surface area contributed by atoms with E-state index in [9.17, 15) is 9.59 Å². The molecule has 2 bridgehead atoms. The fourth-order valence-corrected chi connectivity index (χ4v) is 6.26. The third-order valence-corrected chi connectivity index (χ3v) is 8.22. The maximum Gasteiger partial charge on any atom is 0.280 e. The SMILES string of the molecule is Nc1nc2c(ncn2[C@@H]2OC3OPOC[C@H]4[C@H](F)[C@H](n5cnc6c(=O)[nH]cnc65)O[C@@H]4COPO[C@@H]2[C@H]3F)c(=O)[nH]1. The van der Waals surface area contributed by atoms with Crippen molar-refractivity contribution in [2.24, 2.45) is 5.92 Å². The molecule has 218 valence electrons. The lowest BCUT2D eigenvalue weighted by Crippen LogP contribution is -2.30. The van der Waals surface area contributed by atoms with Gasteiger partial charge >= 0.3 is 0 Å². The Labute approximate surface area is 229 Å². The lowest BCUT2D eigenvalue weighted by atomic mass is 10.0. The standard InChI is InChI=1S/C20H21F2N9O8P2/c21-8-6-1-34-41-39-19-9(22)12(18(37-19)31-5-27-11-14(31)28-20(23)29-16(11)33)38-40-35-2-7(6)36-17(8)30-4-26-10-13(30)24-3-25-15(10)32/h3-9,12,17-19,40-41H,1-2H2,(H,24,25,32)(H3,23,28,29,33)/t6-,7-,8+,9-,12-,17-,18-,19?/m1/s1. The normalized spacial score (nSPS) is 34.1. The number of nitrogens with two attached hydrogens (primary N) is 1. The Morgan fingerprint density at radius 3 is 2.46 bits per heavy atom. The number of hydrogen-bond donors (Lipinski definition) is 3. The van der Waals surface area contributed by atoms with Gasteiger partial charge in [0.15, 0.2) is 71.5 Å². The fourth-order valence-electron chi connectivity index (χ4n) is 4.99. The summed E-state index contributed by atoms with van der Waals surface area (Å²) in [6, 6.07) is 0. The van der Waals surface area contributed by atoms with Crippen LogP contribution in [-0.4, -0.2) is 83.1 Å². The van der Waals surface area contributed by atoms with Gasteiger partial charge in [-0.05, 0) is 0 Å². The van der Waals surface area contributed by atoms with E-state index in [2.05, 4.69) is 29.9 Å². The molecule has 10 atom stereocenters. The first kappa shape index (κ1) is 26.9. The van der Waals surface area contributed by atoms with E-state index in [1.54, 1.807) is 0 Å². The Bertz CT molecular complexity index is 1700. The molecular formula is C20H21F2N9O8P2. The number of fused-ring (bicyclic) bond motifs is 5. The number of nitrogens with zero attached hydrogens (tertiary/aromatic N) is 6. The first-order valence-corrected chi connectivity index (χ1v) is 13.8. The molecule has 3 aliphatic rings. The Morgan fingerprint density at radius 2 is 1.63 bits per heavy atom. The number of aromatic amines is 2. The number of H-pyrrole nitrogens is 2. The molecule has 17 nitrogen and oxygen atoms in total. The Balaban J connectivity index is 1.11. The molecule has 3 saturated heterocycles. The summed E-state index contributed by atoms with van der Waals surface area (Å²) in [5, 5.41) is 0. The van der Waals surface area contributed by atoms with E-state index < -0.39 is 78.4 Å². The number of alkyl halides is 2. The van der Waals surface area contributed by atoms with Crippen LogP contribution in [-0.2, 0) is 27.6 Å². The average Bonchev–Trinajstić information content (AvgIpc) is 3.70. The van der Waals surface area contributed by atoms with Gasteiger partial charge in [0, 0.05) is 5.92 Å². The zero-order chi connectivity index (χ0) is 28.2. The highest BCUT2D eigenvalue weighted by Gasteiger charge is 2.50. The summed E-state index contributed by atoms with van der Waals surface area (Å²) in [5.41, 5.74) is 4.88. The van der Waals surface area contributed by atoms with Crippen molar-refractivity contribution in [1.82, 2.24) is 39.0 Å². The number of rotatable bonds is 2. The van der Waals surface area contributed by atoms with E-state index in [-0.39, 0.29) is 41.5 Å². The molecule has 3 fully saturated rings. The first-order valence-electron chi connectivity index (χ1n) is 12.2. The quantitative estimate of drug-likeness (QED) is 0.260. The lowest BCUT2D eigenvalue weighted by Gasteiger charge is -2.22. The maximum atomic E-state index is 15.7. The molecule has 4 aromatic heterocycles. The van der Waals surface area contributed by atoms with Crippen molar-refractivity contribution >= 4 is 46.3 Å². The molecule has 7 rings (SSSR count). The van der Waals surface area contributed by atoms with Crippen molar-refractivity contribution in [2.75, 3.05) is 18.9 Å². The molecule has 3 aliphatic heterocycles. The van der Waals surface area contributed by atoms with Crippen LogP contribution in [0.1, 0.15) is 12.5 Å². The minimum Gasteiger partial charge on any atom is -0.369 e. The summed E-state index contributed by atoms with van der Waals surface area (Å²) >= 11 is 0. The van der Waals surface area contributed by atoms with Crippen molar-refractivity contribution in [1.29, 1.82) is 0 Å². The number of nitrogen functional groups attached to an aromatic ring is 1. The van der Waals surface area contributed by atoms with Gasteiger partial charge in [-0.3, -0.25) is 23.7 Å². The van der Waals surface area contributed by atoms with Crippen LogP contribution in [0.25, 0.3) is 22.3 Å². The number of aromatic nitrogens is 8. The van der Waals surface area contributed by atoms with Crippen LogP contribution >= 0.6 is 18.1 Å². The second-order valence-corrected chi connectivity index (χ2v) is 10.7. The zero-order valence-corrected chi connectivity index (χ0v) is 22.5. The summed E-state index contributed by atoms with van der Waals surface area (Å²) in [6.07, 6.45) is -5.41. The predicted molar refractivity (Wildman–Crippen MR) is 136 cm³/mol. The van der Waals surface area contributed by atoms with E-state index in [1.165, 1.54) is 28.1 Å². The molecule has 7 heterocycles. The minimum absolute atomic E-state index is 0.0233. The molecule has 0 radical (unpaired) electrons. The van der Waals surface area contributed by atoms with Crippen LogP contribution in [0.2, 0.25) is 0 Å². The monoisotopic (exact) mass is 615 g/mol. The lowest BCUT2D eigenvalue weighted by molar-refractivity contribution is -0.114. The average molecular weight is 615 g/mol. The molecule has 4 aromatic rings. The van der Waals surface area contributed by atoms with Crippen molar-refractivity contribution < 1.29 is 36.3 Å². The Hall–Kier alpha value is -3.02. The zero-order valence-electron chi connectivity index (χ0n) is 20.5. The van der Waals surface area contributed by atoms with E-state index in [0.717, 1.165) is 0 Å².